The van der Waals surface area contributed by atoms with Crippen LogP contribution in [0.3, 0.4) is 0 Å². The highest BCUT2D eigenvalue weighted by atomic mass is 35.5. The molecule has 88 valence electrons. The Morgan fingerprint density at radius 2 is 2.12 bits per heavy atom. The number of aliphatic hydroxyl groups is 1. The monoisotopic (exact) mass is 259 g/mol. The van der Waals surface area contributed by atoms with E-state index in [9.17, 15) is 5.11 Å². The summed E-state index contributed by atoms with van der Waals surface area (Å²) in [5.41, 5.74) is 0.980. The van der Waals surface area contributed by atoms with Crippen LogP contribution in [0.5, 0.6) is 0 Å². The Balaban J connectivity index is 1.96. The first-order valence-electron chi connectivity index (χ1n) is 5.53. The van der Waals surface area contributed by atoms with Crippen LogP contribution < -0.4 is 5.32 Å². The number of rotatable bonds is 3. The summed E-state index contributed by atoms with van der Waals surface area (Å²) in [7, 11) is 0. The molecule has 2 atom stereocenters. The van der Waals surface area contributed by atoms with E-state index in [1.54, 1.807) is 6.07 Å². The Hall–Kier alpha value is -0.280. The van der Waals surface area contributed by atoms with E-state index in [0.29, 0.717) is 16.6 Å². The highest BCUT2D eigenvalue weighted by Gasteiger charge is 2.24. The summed E-state index contributed by atoms with van der Waals surface area (Å²) in [6, 6.07) is 5.80. The lowest BCUT2D eigenvalue weighted by Gasteiger charge is -2.17. The maximum Gasteiger partial charge on any atom is 0.0693 e. The summed E-state index contributed by atoms with van der Waals surface area (Å²) in [6.07, 6.45) is 2.78. The number of halogens is 2. The van der Waals surface area contributed by atoms with Gasteiger partial charge >= 0.3 is 0 Å². The van der Waals surface area contributed by atoms with Crippen molar-refractivity contribution in [1.82, 2.24) is 5.32 Å². The van der Waals surface area contributed by atoms with Crippen molar-refractivity contribution >= 4 is 23.2 Å². The van der Waals surface area contributed by atoms with Gasteiger partial charge < -0.3 is 10.4 Å². The number of nitrogens with one attached hydrogen (secondary N) is 1. The van der Waals surface area contributed by atoms with Crippen LogP contribution in [0.4, 0.5) is 0 Å². The SMILES string of the molecule is OC1CCCC1NCc1cccc(Cl)c1Cl. The quantitative estimate of drug-likeness (QED) is 0.875. The Morgan fingerprint density at radius 3 is 2.81 bits per heavy atom. The number of hydrogen-bond donors (Lipinski definition) is 2. The van der Waals surface area contributed by atoms with Crippen LogP contribution in [-0.4, -0.2) is 17.3 Å². The molecule has 1 aromatic carbocycles. The van der Waals surface area contributed by atoms with E-state index in [2.05, 4.69) is 5.32 Å². The van der Waals surface area contributed by atoms with E-state index in [0.717, 1.165) is 24.8 Å². The normalized spacial score (nSPS) is 24.9. The smallest absolute Gasteiger partial charge is 0.0693 e. The summed E-state index contributed by atoms with van der Waals surface area (Å²) >= 11 is 12.0. The topological polar surface area (TPSA) is 32.3 Å². The minimum atomic E-state index is -0.224. The highest BCUT2D eigenvalue weighted by Crippen LogP contribution is 2.26. The lowest BCUT2D eigenvalue weighted by atomic mass is 10.1. The summed E-state index contributed by atoms with van der Waals surface area (Å²) in [5, 5.41) is 14.2. The molecular weight excluding hydrogens is 245 g/mol. The molecule has 2 unspecified atom stereocenters. The van der Waals surface area contributed by atoms with Gasteiger partial charge in [-0.25, -0.2) is 0 Å². The zero-order valence-corrected chi connectivity index (χ0v) is 10.4. The van der Waals surface area contributed by atoms with Crippen molar-refractivity contribution < 1.29 is 5.11 Å². The molecular formula is C12H15Cl2NO. The molecule has 0 amide bonds. The van der Waals surface area contributed by atoms with Crippen molar-refractivity contribution in [1.29, 1.82) is 0 Å². The molecule has 2 N–H and O–H groups in total. The Kier molecular flexibility index (Phi) is 4.09. The van der Waals surface area contributed by atoms with Gasteiger partial charge in [0.05, 0.1) is 16.1 Å². The molecule has 16 heavy (non-hydrogen) atoms. The van der Waals surface area contributed by atoms with Gasteiger partial charge in [0.1, 0.15) is 0 Å². The summed E-state index contributed by atoms with van der Waals surface area (Å²) < 4.78 is 0. The number of hydrogen-bond acceptors (Lipinski definition) is 2. The second-order valence-corrected chi connectivity index (χ2v) is 4.98. The molecule has 0 aliphatic heterocycles. The maximum absolute atomic E-state index is 9.67. The summed E-state index contributed by atoms with van der Waals surface area (Å²) in [5.74, 6) is 0. The standard InChI is InChI=1S/C12H15Cl2NO/c13-9-4-1-3-8(12(9)14)7-15-10-5-2-6-11(10)16/h1,3-4,10-11,15-16H,2,5-7H2. The molecule has 2 nitrogen and oxygen atoms in total. The van der Waals surface area contributed by atoms with Crippen LogP contribution in [0.2, 0.25) is 10.0 Å². The van der Waals surface area contributed by atoms with Crippen LogP contribution in [0.25, 0.3) is 0 Å². The van der Waals surface area contributed by atoms with E-state index in [-0.39, 0.29) is 12.1 Å². The Bertz CT molecular complexity index is 370. The van der Waals surface area contributed by atoms with E-state index < -0.39 is 0 Å². The molecule has 4 heteroatoms. The molecule has 0 bridgehead atoms. The largest absolute Gasteiger partial charge is 0.392 e. The van der Waals surface area contributed by atoms with Gasteiger partial charge in [-0.3, -0.25) is 0 Å². The zero-order valence-electron chi connectivity index (χ0n) is 8.92. The highest BCUT2D eigenvalue weighted by molar-refractivity contribution is 6.42. The van der Waals surface area contributed by atoms with E-state index >= 15 is 0 Å². The second kappa shape index (κ2) is 5.37. The van der Waals surface area contributed by atoms with Crippen LogP contribution in [0.1, 0.15) is 24.8 Å². The zero-order chi connectivity index (χ0) is 11.5. The lowest BCUT2D eigenvalue weighted by molar-refractivity contribution is 0.148. The second-order valence-electron chi connectivity index (χ2n) is 4.20. The van der Waals surface area contributed by atoms with Crippen molar-refractivity contribution in [2.24, 2.45) is 0 Å². The molecule has 0 radical (unpaired) electrons. The van der Waals surface area contributed by atoms with Crippen LogP contribution in [0.15, 0.2) is 18.2 Å². The first-order valence-corrected chi connectivity index (χ1v) is 6.28. The molecule has 0 heterocycles. The minimum absolute atomic E-state index is 0.190. The first kappa shape index (κ1) is 12.2. The maximum atomic E-state index is 9.67. The van der Waals surface area contributed by atoms with Crippen LogP contribution >= 0.6 is 23.2 Å². The molecule has 2 rings (SSSR count). The van der Waals surface area contributed by atoms with Gasteiger partial charge in [0.25, 0.3) is 0 Å². The molecule has 1 saturated carbocycles. The van der Waals surface area contributed by atoms with Gasteiger partial charge in [-0.2, -0.15) is 0 Å². The van der Waals surface area contributed by atoms with E-state index in [1.807, 2.05) is 12.1 Å². The molecule has 1 fully saturated rings. The average Bonchev–Trinajstić information content (AvgIpc) is 2.67. The molecule has 0 aromatic heterocycles. The van der Waals surface area contributed by atoms with Crippen molar-refractivity contribution in [3.05, 3.63) is 33.8 Å². The van der Waals surface area contributed by atoms with Gasteiger partial charge in [0.2, 0.25) is 0 Å². The first-order chi connectivity index (χ1) is 7.68. The van der Waals surface area contributed by atoms with Gasteiger partial charge in [0.15, 0.2) is 0 Å². The minimum Gasteiger partial charge on any atom is -0.392 e. The fourth-order valence-corrected chi connectivity index (χ4v) is 2.49. The van der Waals surface area contributed by atoms with Crippen molar-refractivity contribution in [3.63, 3.8) is 0 Å². The average molecular weight is 260 g/mol. The molecule has 1 aliphatic carbocycles. The number of benzene rings is 1. The third-order valence-electron chi connectivity index (χ3n) is 3.07. The molecule has 1 aromatic rings. The fourth-order valence-electron chi connectivity index (χ4n) is 2.10. The summed E-state index contributed by atoms with van der Waals surface area (Å²) in [4.78, 5) is 0. The predicted octanol–water partition coefficient (Wildman–Crippen LogP) is 3.00. The number of aliphatic hydroxyl groups excluding tert-OH is 1. The van der Waals surface area contributed by atoms with Crippen molar-refractivity contribution in [2.45, 2.75) is 38.0 Å². The van der Waals surface area contributed by atoms with Gasteiger partial charge in [0, 0.05) is 12.6 Å². The van der Waals surface area contributed by atoms with Gasteiger partial charge in [-0.15, -0.1) is 0 Å². The lowest BCUT2D eigenvalue weighted by Crippen LogP contribution is -2.35. The van der Waals surface area contributed by atoms with Gasteiger partial charge in [-0.05, 0) is 30.9 Å². The predicted molar refractivity (Wildman–Crippen MR) is 66.9 cm³/mol. The van der Waals surface area contributed by atoms with Crippen LogP contribution in [0, 0.1) is 0 Å². The molecule has 0 spiro atoms. The Labute approximate surface area is 106 Å². The van der Waals surface area contributed by atoms with Crippen LogP contribution in [-0.2, 0) is 6.54 Å². The third-order valence-corrected chi connectivity index (χ3v) is 3.92. The fraction of sp³-hybridized carbons (Fsp3) is 0.500. The van der Waals surface area contributed by atoms with E-state index in [4.69, 9.17) is 23.2 Å². The summed E-state index contributed by atoms with van der Waals surface area (Å²) in [6.45, 7) is 0.654. The van der Waals surface area contributed by atoms with E-state index in [1.165, 1.54) is 0 Å². The molecule has 1 aliphatic rings. The van der Waals surface area contributed by atoms with Crippen molar-refractivity contribution in [2.75, 3.05) is 0 Å². The molecule has 0 saturated heterocycles. The van der Waals surface area contributed by atoms with Crippen molar-refractivity contribution in [3.8, 4) is 0 Å². The van der Waals surface area contributed by atoms with Gasteiger partial charge in [-0.1, -0.05) is 35.3 Å². The Morgan fingerprint density at radius 1 is 1.31 bits per heavy atom. The third kappa shape index (κ3) is 2.69.